The summed E-state index contributed by atoms with van der Waals surface area (Å²) in [6, 6.07) is 1.81. The van der Waals surface area contributed by atoms with Crippen LogP contribution in [0.25, 0.3) is 0 Å². The molecule has 13 heavy (non-hydrogen) atoms. The second kappa shape index (κ2) is 4.46. The fourth-order valence-electron chi connectivity index (χ4n) is 1.38. The van der Waals surface area contributed by atoms with Crippen LogP contribution in [0.1, 0.15) is 19.3 Å². The second-order valence-electron chi connectivity index (χ2n) is 3.10. The van der Waals surface area contributed by atoms with Crippen LogP contribution in [0, 0.1) is 17.2 Å². The molecule has 0 unspecified atom stereocenters. The Morgan fingerprint density at radius 1 is 1.62 bits per heavy atom. The Bertz CT molecular complexity index is 297. The minimum atomic E-state index is -0.628. The minimum Gasteiger partial charge on any atom is -0.365 e. The summed E-state index contributed by atoms with van der Waals surface area (Å²) in [5.41, 5.74) is 5.10. The summed E-state index contributed by atoms with van der Waals surface area (Å²) < 4.78 is 0. The molecule has 0 spiro atoms. The van der Waals surface area contributed by atoms with E-state index in [9.17, 15) is 4.79 Å². The van der Waals surface area contributed by atoms with Crippen molar-refractivity contribution in [3.05, 3.63) is 23.8 Å². The molecule has 0 heterocycles. The van der Waals surface area contributed by atoms with Crippen molar-refractivity contribution in [1.29, 1.82) is 5.26 Å². The molecular weight excluding hydrogens is 164 g/mol. The lowest BCUT2D eigenvalue weighted by molar-refractivity contribution is -0.114. The molecule has 68 valence electrons. The molecule has 1 rings (SSSR count). The van der Waals surface area contributed by atoms with Crippen LogP contribution in [0.4, 0.5) is 0 Å². The smallest absolute Gasteiger partial charge is 0.259 e. The minimum absolute atomic E-state index is 0.0836. The number of rotatable bonds is 2. The average molecular weight is 176 g/mol. The summed E-state index contributed by atoms with van der Waals surface area (Å²) in [6.07, 6.45) is 8.78. The Labute approximate surface area is 77.5 Å². The van der Waals surface area contributed by atoms with Crippen molar-refractivity contribution in [3.8, 4) is 6.07 Å². The summed E-state index contributed by atoms with van der Waals surface area (Å²) >= 11 is 0. The highest BCUT2D eigenvalue weighted by molar-refractivity contribution is 5.95. The number of amides is 1. The van der Waals surface area contributed by atoms with E-state index >= 15 is 0 Å². The Balaban J connectivity index is 2.68. The van der Waals surface area contributed by atoms with Crippen LogP contribution < -0.4 is 5.73 Å². The van der Waals surface area contributed by atoms with Gasteiger partial charge < -0.3 is 5.73 Å². The first-order valence-electron chi connectivity index (χ1n) is 4.30. The SMILES string of the molecule is N#C/C(=C/[C@H]1CC=CCC1)C(N)=O. The fraction of sp³-hybridized carbons (Fsp3) is 0.400. The number of nitrogens with zero attached hydrogens (tertiary/aromatic N) is 1. The van der Waals surface area contributed by atoms with E-state index in [2.05, 4.69) is 12.2 Å². The van der Waals surface area contributed by atoms with E-state index in [1.54, 1.807) is 6.08 Å². The summed E-state index contributed by atoms with van der Waals surface area (Å²) in [4.78, 5) is 10.7. The Morgan fingerprint density at radius 2 is 2.38 bits per heavy atom. The van der Waals surface area contributed by atoms with Crippen LogP contribution in [-0.4, -0.2) is 5.91 Å². The first kappa shape index (κ1) is 9.53. The molecule has 0 aromatic rings. The second-order valence-corrected chi connectivity index (χ2v) is 3.10. The molecule has 0 bridgehead atoms. The van der Waals surface area contributed by atoms with Gasteiger partial charge in [0.05, 0.1) is 0 Å². The van der Waals surface area contributed by atoms with Gasteiger partial charge in [0.15, 0.2) is 0 Å². The third kappa shape index (κ3) is 2.75. The van der Waals surface area contributed by atoms with Crippen molar-refractivity contribution in [2.45, 2.75) is 19.3 Å². The highest BCUT2D eigenvalue weighted by Gasteiger charge is 2.10. The molecule has 2 N–H and O–H groups in total. The largest absolute Gasteiger partial charge is 0.365 e. The topological polar surface area (TPSA) is 66.9 Å². The van der Waals surface area contributed by atoms with Crippen molar-refractivity contribution in [2.24, 2.45) is 11.7 Å². The van der Waals surface area contributed by atoms with Crippen molar-refractivity contribution >= 4 is 5.91 Å². The number of carbonyl (C=O) groups is 1. The van der Waals surface area contributed by atoms with Gasteiger partial charge in [-0.25, -0.2) is 0 Å². The number of nitriles is 1. The zero-order valence-electron chi connectivity index (χ0n) is 7.36. The highest BCUT2D eigenvalue weighted by Crippen LogP contribution is 2.20. The molecule has 0 aromatic carbocycles. The Hall–Kier alpha value is -1.56. The number of primary amides is 1. The Kier molecular flexibility index (Phi) is 3.27. The van der Waals surface area contributed by atoms with E-state index in [0.717, 1.165) is 19.3 Å². The highest BCUT2D eigenvalue weighted by atomic mass is 16.1. The van der Waals surface area contributed by atoms with Crippen LogP contribution in [0.3, 0.4) is 0 Å². The molecule has 1 aliphatic rings. The zero-order valence-corrected chi connectivity index (χ0v) is 7.36. The molecule has 0 aliphatic heterocycles. The Morgan fingerprint density at radius 3 is 2.85 bits per heavy atom. The molecule has 1 aliphatic carbocycles. The molecule has 1 amide bonds. The summed E-state index contributed by atoms with van der Waals surface area (Å²) in [6.45, 7) is 0. The monoisotopic (exact) mass is 176 g/mol. The third-order valence-corrected chi connectivity index (χ3v) is 2.10. The lowest BCUT2D eigenvalue weighted by Gasteiger charge is -2.12. The van der Waals surface area contributed by atoms with Crippen molar-refractivity contribution in [3.63, 3.8) is 0 Å². The number of allylic oxidation sites excluding steroid dienone is 3. The third-order valence-electron chi connectivity index (χ3n) is 2.10. The standard InChI is InChI=1S/C10H12N2O/c11-7-9(10(12)13)6-8-4-2-1-3-5-8/h1-2,6,8H,3-5H2,(H2,12,13)/b9-6-/t8-/m0/s1. The number of hydrogen-bond donors (Lipinski definition) is 1. The molecule has 3 nitrogen and oxygen atoms in total. The van der Waals surface area contributed by atoms with Crippen molar-refractivity contribution in [2.75, 3.05) is 0 Å². The van der Waals surface area contributed by atoms with E-state index in [4.69, 9.17) is 11.0 Å². The molecule has 3 heteroatoms. The number of hydrogen-bond acceptors (Lipinski definition) is 2. The van der Waals surface area contributed by atoms with E-state index in [1.807, 2.05) is 6.07 Å². The molecule has 0 radical (unpaired) electrons. The van der Waals surface area contributed by atoms with Gasteiger partial charge in [-0.05, 0) is 25.2 Å². The normalized spacial score (nSPS) is 22.4. The van der Waals surface area contributed by atoms with Gasteiger partial charge in [-0.15, -0.1) is 0 Å². The van der Waals surface area contributed by atoms with Crippen LogP contribution in [-0.2, 0) is 4.79 Å². The number of nitrogens with two attached hydrogens (primary N) is 1. The first-order chi connectivity index (χ1) is 6.24. The fourth-order valence-corrected chi connectivity index (χ4v) is 1.38. The van der Waals surface area contributed by atoms with Crippen LogP contribution in [0.2, 0.25) is 0 Å². The summed E-state index contributed by atoms with van der Waals surface area (Å²) in [7, 11) is 0. The quantitative estimate of drug-likeness (QED) is 0.391. The van der Waals surface area contributed by atoms with Gasteiger partial charge in [0.2, 0.25) is 0 Å². The van der Waals surface area contributed by atoms with Gasteiger partial charge in [0, 0.05) is 0 Å². The molecular formula is C10H12N2O. The van der Waals surface area contributed by atoms with Crippen molar-refractivity contribution < 1.29 is 4.79 Å². The molecule has 0 saturated carbocycles. The van der Waals surface area contributed by atoms with Gasteiger partial charge in [0.1, 0.15) is 11.6 Å². The summed E-state index contributed by atoms with van der Waals surface area (Å²) in [5.74, 6) is -0.329. The first-order valence-corrected chi connectivity index (χ1v) is 4.30. The van der Waals surface area contributed by atoms with E-state index in [0.29, 0.717) is 5.92 Å². The van der Waals surface area contributed by atoms with E-state index in [1.165, 1.54) is 0 Å². The van der Waals surface area contributed by atoms with Gasteiger partial charge in [-0.1, -0.05) is 18.2 Å². The van der Waals surface area contributed by atoms with Gasteiger partial charge in [-0.2, -0.15) is 5.26 Å². The maximum atomic E-state index is 10.7. The molecule has 0 aromatic heterocycles. The van der Waals surface area contributed by atoms with Gasteiger partial charge >= 0.3 is 0 Å². The zero-order chi connectivity index (χ0) is 9.68. The van der Waals surface area contributed by atoms with Gasteiger partial charge in [0.25, 0.3) is 5.91 Å². The van der Waals surface area contributed by atoms with Gasteiger partial charge in [-0.3, -0.25) is 4.79 Å². The predicted octanol–water partition coefficient (Wildman–Crippen LogP) is 1.28. The van der Waals surface area contributed by atoms with Crippen LogP contribution >= 0.6 is 0 Å². The summed E-state index contributed by atoms with van der Waals surface area (Å²) in [5, 5.41) is 8.59. The maximum absolute atomic E-state index is 10.7. The molecule has 0 fully saturated rings. The number of carbonyl (C=O) groups excluding carboxylic acids is 1. The lowest BCUT2D eigenvalue weighted by atomic mass is 9.92. The van der Waals surface area contributed by atoms with Crippen molar-refractivity contribution in [1.82, 2.24) is 0 Å². The van der Waals surface area contributed by atoms with E-state index in [-0.39, 0.29) is 5.57 Å². The molecule has 1 atom stereocenters. The van der Waals surface area contributed by atoms with Crippen LogP contribution in [0.5, 0.6) is 0 Å². The molecule has 0 saturated heterocycles. The maximum Gasteiger partial charge on any atom is 0.259 e. The van der Waals surface area contributed by atoms with Crippen LogP contribution in [0.15, 0.2) is 23.8 Å². The predicted molar refractivity (Wildman–Crippen MR) is 49.4 cm³/mol. The van der Waals surface area contributed by atoms with E-state index < -0.39 is 5.91 Å². The average Bonchev–Trinajstić information content (AvgIpc) is 2.15. The lowest BCUT2D eigenvalue weighted by Crippen LogP contribution is -2.14.